The van der Waals surface area contributed by atoms with Crippen LogP contribution in [0.1, 0.15) is 74.9 Å². The van der Waals surface area contributed by atoms with Crippen molar-refractivity contribution in [1.29, 1.82) is 0 Å². The van der Waals surface area contributed by atoms with Crippen LogP contribution >= 0.6 is 0 Å². The molecule has 9 aromatic heterocycles. The zero-order chi connectivity index (χ0) is 90.8. The van der Waals surface area contributed by atoms with Crippen LogP contribution in [-0.2, 0) is 16.2 Å². The molecule has 25 aromatic rings. The third-order valence-corrected chi connectivity index (χ3v) is 28.6. The molecule has 3 aliphatic carbocycles. The quantitative estimate of drug-likeness (QED) is 0.137. The van der Waals surface area contributed by atoms with Gasteiger partial charge in [0.15, 0.2) is 11.6 Å². The van der Waals surface area contributed by atoms with E-state index in [1.807, 2.05) is 85.7 Å². The second-order valence-electron chi connectivity index (χ2n) is 37.3. The average Bonchev–Trinajstić information content (AvgIpc) is 1.53. The van der Waals surface area contributed by atoms with E-state index >= 15 is 0 Å². The van der Waals surface area contributed by atoms with Crippen LogP contribution < -0.4 is 0 Å². The van der Waals surface area contributed by atoms with Crippen LogP contribution in [0.15, 0.2) is 407 Å². The second-order valence-corrected chi connectivity index (χ2v) is 37.3. The maximum absolute atomic E-state index is 5.49. The van der Waals surface area contributed by atoms with E-state index in [1.165, 1.54) is 137 Å². The molecule has 28 rings (SSSR count). The van der Waals surface area contributed by atoms with E-state index in [0.717, 1.165) is 94.5 Å². The van der Waals surface area contributed by atoms with E-state index in [-0.39, 0.29) is 16.2 Å². The fraction of sp³-hybridized carbons (Fsp3) is 0.0732. The summed E-state index contributed by atoms with van der Waals surface area (Å²) in [6, 6.07) is 130. The van der Waals surface area contributed by atoms with Gasteiger partial charge in [-0.3, -0.25) is 28.7 Å². The molecule has 0 spiro atoms. The largest absolute Gasteiger partial charge is 0.278 e. The molecule has 0 atom stereocenters. The van der Waals surface area contributed by atoms with Crippen LogP contribution in [0.3, 0.4) is 0 Å². The Kier molecular flexibility index (Phi) is 18.0. The lowest BCUT2D eigenvalue weighted by Crippen LogP contribution is -2.17. The van der Waals surface area contributed by atoms with Crippen molar-refractivity contribution >= 4 is 109 Å². The van der Waals surface area contributed by atoms with Gasteiger partial charge in [-0.1, -0.05) is 357 Å². The van der Waals surface area contributed by atoms with E-state index in [9.17, 15) is 0 Å². The molecule has 0 unspecified atom stereocenters. The Morgan fingerprint density at radius 3 is 0.912 bits per heavy atom. The standard InChI is InChI=1S/C44H30N4.C40H28N4.C39H27N5/c1-44(2)35-23-24-45-26-34(35)38-30-17-6-7-18-31(30)39-33-20-9-11-22-37(33)48(42(39)40(38)44)43-46-36-21-10-8-19-32(36)41(47-43)29-16-12-15-28(25-29)27-13-4-3-5-14-27;1-40(2)31-21-22-41-24-30(31)35-27-17-9-10-18-28(27)36-29-19-11-12-20-34(29)44(38(36)37(35)40)39-42-32(25-13-5-3-6-14-25)23-33(43-39)26-15-7-4-8-16-26;1-39(2)30-21-22-40-23-29(30)32-26-17-9-10-18-27(26)33-28-19-11-12-20-31(28)44(35(33)34(32)39)38-42-36(24-13-5-3-6-14-24)41-37(43-38)25-15-7-4-8-16-25/h3-26H,1-2H3;3-24H,1-2H3;3-23H,1-2H3. The number of hydrogen-bond donors (Lipinski definition) is 0. The van der Waals surface area contributed by atoms with Crippen LogP contribution in [0.2, 0.25) is 0 Å². The van der Waals surface area contributed by atoms with Gasteiger partial charge in [-0.25, -0.2) is 24.9 Å². The molecule has 0 radical (unpaired) electrons. The Hall–Kier alpha value is -17.4. The summed E-state index contributed by atoms with van der Waals surface area (Å²) in [5.41, 5.74) is 32.0. The van der Waals surface area contributed by atoms with Crippen molar-refractivity contribution in [3.8, 4) is 119 Å². The minimum absolute atomic E-state index is 0.263. The third kappa shape index (κ3) is 12.1. The summed E-state index contributed by atoms with van der Waals surface area (Å²) in [4.78, 5) is 50.6. The number of fused-ring (bicyclic) bond motifs is 31. The minimum atomic E-state index is -0.278. The number of aromatic nitrogens is 13. The van der Waals surface area contributed by atoms with E-state index in [1.54, 1.807) is 0 Å². The summed E-state index contributed by atoms with van der Waals surface area (Å²) in [6.07, 6.45) is 11.8. The number of rotatable bonds is 9. The Morgan fingerprint density at radius 1 is 0.221 bits per heavy atom. The lowest BCUT2D eigenvalue weighted by molar-refractivity contribution is 0.662. The van der Waals surface area contributed by atoms with Crippen molar-refractivity contribution < 1.29 is 0 Å². The number of pyridine rings is 3. The fourth-order valence-corrected chi connectivity index (χ4v) is 22.7. The average molecular weight is 1750 g/mol. The van der Waals surface area contributed by atoms with Crippen LogP contribution in [0.25, 0.3) is 228 Å². The summed E-state index contributed by atoms with van der Waals surface area (Å²) in [5, 5.41) is 15.7. The highest BCUT2D eigenvalue weighted by molar-refractivity contribution is 6.30. The lowest BCUT2D eigenvalue weighted by Gasteiger charge is -2.24. The first-order valence-electron chi connectivity index (χ1n) is 46.4. The molecule has 0 fully saturated rings. The first kappa shape index (κ1) is 79.5. The zero-order valence-corrected chi connectivity index (χ0v) is 75.5. The summed E-state index contributed by atoms with van der Waals surface area (Å²) >= 11 is 0. The Labute approximate surface area is 784 Å². The SMILES string of the molecule is CC1(C)c2ccncc2-c2c1c1c(c3ccccc23)c2ccccc2n1-c1nc(-c2cccc(-c3ccccc3)c2)c2ccccc2n1.CC1(C)c2ccncc2-c2c1c1c(c3ccccc23)c2ccccc2n1-c1nc(-c2ccccc2)cc(-c2ccccc2)n1.CC1(C)c2ccncc2-c2c1c1c(c3ccccc23)c2ccccc2n1-c1nc(-c2ccccc2)nc(-c2ccccc2)n1. The van der Waals surface area contributed by atoms with Gasteiger partial charge in [-0.2, -0.15) is 9.97 Å². The van der Waals surface area contributed by atoms with Gasteiger partial charge in [-0.15, -0.1) is 0 Å². The van der Waals surface area contributed by atoms with Gasteiger partial charge < -0.3 is 0 Å². The summed E-state index contributed by atoms with van der Waals surface area (Å²) in [6.45, 7) is 14.0. The van der Waals surface area contributed by atoms with Crippen LogP contribution in [-0.4, -0.2) is 63.5 Å². The van der Waals surface area contributed by atoms with Gasteiger partial charge in [0.2, 0.25) is 17.8 Å². The van der Waals surface area contributed by atoms with Crippen LogP contribution in [0.5, 0.6) is 0 Å². The molecule has 136 heavy (non-hydrogen) atoms. The van der Waals surface area contributed by atoms with Gasteiger partial charge in [0.1, 0.15) is 0 Å². The maximum atomic E-state index is 5.49. The first-order valence-corrected chi connectivity index (χ1v) is 46.4. The molecule has 0 N–H and O–H groups in total. The third-order valence-electron chi connectivity index (χ3n) is 28.6. The molecular weight excluding hydrogens is 1660 g/mol. The molecule has 3 aliphatic rings. The monoisotopic (exact) mass is 1740 g/mol. The Bertz CT molecular complexity index is 8800. The fourth-order valence-electron chi connectivity index (χ4n) is 22.7. The number of nitrogens with zero attached hydrogens (tertiary/aromatic N) is 13. The highest BCUT2D eigenvalue weighted by Gasteiger charge is 2.45. The maximum Gasteiger partial charge on any atom is 0.238 e. The molecule has 0 aliphatic heterocycles. The molecule has 0 saturated heterocycles. The van der Waals surface area contributed by atoms with Gasteiger partial charge in [0, 0.05) is 136 Å². The van der Waals surface area contributed by atoms with Crippen molar-refractivity contribution in [2.75, 3.05) is 0 Å². The van der Waals surface area contributed by atoms with E-state index in [2.05, 4.69) is 392 Å². The van der Waals surface area contributed by atoms with Crippen LogP contribution in [0.4, 0.5) is 0 Å². The van der Waals surface area contributed by atoms with Crippen molar-refractivity contribution in [3.63, 3.8) is 0 Å². The lowest BCUT2D eigenvalue weighted by atomic mass is 9.81. The first-order chi connectivity index (χ1) is 66.8. The minimum Gasteiger partial charge on any atom is -0.278 e. The van der Waals surface area contributed by atoms with Gasteiger partial charge >= 0.3 is 0 Å². The smallest absolute Gasteiger partial charge is 0.238 e. The number of benzene rings is 16. The van der Waals surface area contributed by atoms with E-state index in [0.29, 0.717) is 29.5 Å². The number of para-hydroxylation sites is 4. The molecule has 0 saturated carbocycles. The van der Waals surface area contributed by atoms with Gasteiger partial charge in [0.05, 0.1) is 55.7 Å². The molecule has 9 heterocycles. The van der Waals surface area contributed by atoms with E-state index in [4.69, 9.17) is 34.9 Å². The Balaban J connectivity index is 0.000000106. The summed E-state index contributed by atoms with van der Waals surface area (Å²) in [5.74, 6) is 3.22. The second kappa shape index (κ2) is 30.9. The normalized spacial score (nSPS) is 13.4. The molecule has 16 aromatic carbocycles. The molecular formula is C123H85N13. The number of hydrogen-bond acceptors (Lipinski definition) is 10. The molecule has 13 heteroatoms. The molecule has 0 bridgehead atoms. The predicted octanol–water partition coefficient (Wildman–Crippen LogP) is 29.8. The zero-order valence-electron chi connectivity index (χ0n) is 75.5. The Morgan fingerprint density at radius 2 is 0.522 bits per heavy atom. The van der Waals surface area contributed by atoms with Crippen molar-refractivity contribution in [2.45, 2.75) is 57.8 Å². The van der Waals surface area contributed by atoms with Crippen molar-refractivity contribution in [3.05, 3.63) is 441 Å². The van der Waals surface area contributed by atoms with Crippen LogP contribution in [0, 0.1) is 0 Å². The van der Waals surface area contributed by atoms with Gasteiger partial charge in [0.25, 0.3) is 0 Å². The highest BCUT2D eigenvalue weighted by atomic mass is 15.2. The van der Waals surface area contributed by atoms with Gasteiger partial charge in [-0.05, 0) is 148 Å². The predicted molar refractivity (Wildman–Crippen MR) is 556 cm³/mol. The van der Waals surface area contributed by atoms with E-state index < -0.39 is 0 Å². The molecule has 13 nitrogen and oxygen atoms in total. The van der Waals surface area contributed by atoms with Crippen molar-refractivity contribution in [2.24, 2.45) is 0 Å². The topological polar surface area (TPSA) is 144 Å². The summed E-state index contributed by atoms with van der Waals surface area (Å²) < 4.78 is 6.92. The molecule has 0 amide bonds. The highest BCUT2D eigenvalue weighted by Crippen LogP contribution is 2.60. The summed E-state index contributed by atoms with van der Waals surface area (Å²) in [7, 11) is 0. The van der Waals surface area contributed by atoms with Crippen molar-refractivity contribution in [1.82, 2.24) is 63.5 Å². The molecule has 642 valence electrons.